The first-order valence-corrected chi connectivity index (χ1v) is 6.42. The van der Waals surface area contributed by atoms with Crippen molar-refractivity contribution in [3.05, 3.63) is 28.8 Å². The van der Waals surface area contributed by atoms with E-state index in [0.717, 1.165) is 36.8 Å². The summed E-state index contributed by atoms with van der Waals surface area (Å²) in [5, 5.41) is 4.25. The summed E-state index contributed by atoms with van der Waals surface area (Å²) in [6, 6.07) is 6.71. The van der Waals surface area contributed by atoms with Crippen LogP contribution in [0.15, 0.2) is 18.2 Å². The molecule has 0 saturated carbocycles. The zero-order valence-electron chi connectivity index (χ0n) is 9.96. The van der Waals surface area contributed by atoms with Crippen molar-refractivity contribution in [3.63, 3.8) is 0 Å². The van der Waals surface area contributed by atoms with Crippen molar-refractivity contribution in [2.45, 2.75) is 26.3 Å². The van der Waals surface area contributed by atoms with Crippen LogP contribution in [0.1, 0.15) is 31.9 Å². The fourth-order valence-electron chi connectivity index (χ4n) is 2.54. The third-order valence-electron chi connectivity index (χ3n) is 3.38. The van der Waals surface area contributed by atoms with Gasteiger partial charge in [-0.2, -0.15) is 0 Å². The van der Waals surface area contributed by atoms with Gasteiger partial charge in [-0.25, -0.2) is 0 Å². The highest BCUT2D eigenvalue weighted by atomic mass is 35.5. The number of benzene rings is 1. The fraction of sp³-hybridized carbons (Fsp3) is 0.538. The summed E-state index contributed by atoms with van der Waals surface area (Å²) >= 11 is 6.22. The molecule has 3 heteroatoms. The Balaban J connectivity index is 2.36. The highest BCUT2D eigenvalue weighted by Gasteiger charge is 2.25. The summed E-state index contributed by atoms with van der Waals surface area (Å²) in [5.74, 6) is 0. The van der Waals surface area contributed by atoms with E-state index in [1.54, 1.807) is 0 Å². The van der Waals surface area contributed by atoms with Crippen molar-refractivity contribution in [2.75, 3.05) is 25.0 Å². The molecule has 1 aliphatic heterocycles. The molecule has 0 radical (unpaired) electrons. The summed E-state index contributed by atoms with van der Waals surface area (Å²) in [5.41, 5.74) is 2.48. The maximum Gasteiger partial charge on any atom is 0.0640 e. The van der Waals surface area contributed by atoms with E-state index in [1.807, 2.05) is 12.1 Å². The first-order chi connectivity index (χ1) is 7.77. The third-order valence-corrected chi connectivity index (χ3v) is 3.69. The van der Waals surface area contributed by atoms with Gasteiger partial charge in [0.05, 0.1) is 10.7 Å². The Morgan fingerprint density at radius 3 is 2.81 bits per heavy atom. The van der Waals surface area contributed by atoms with Crippen molar-refractivity contribution < 1.29 is 0 Å². The number of hydrogen-bond donors (Lipinski definition) is 1. The van der Waals surface area contributed by atoms with Gasteiger partial charge in [-0.1, -0.05) is 37.6 Å². The molecule has 16 heavy (non-hydrogen) atoms. The largest absolute Gasteiger partial charge is 0.383 e. The van der Waals surface area contributed by atoms with Crippen LogP contribution in [0.25, 0.3) is 0 Å². The van der Waals surface area contributed by atoms with Gasteiger partial charge in [0.1, 0.15) is 0 Å². The molecule has 1 heterocycles. The van der Waals surface area contributed by atoms with E-state index in [0.29, 0.717) is 6.04 Å². The van der Waals surface area contributed by atoms with Gasteiger partial charge in [0.25, 0.3) is 0 Å². The lowest BCUT2D eigenvalue weighted by molar-refractivity contribution is 0.209. The molecule has 0 saturated heterocycles. The van der Waals surface area contributed by atoms with Crippen molar-refractivity contribution in [1.82, 2.24) is 4.90 Å². The van der Waals surface area contributed by atoms with Crippen LogP contribution in [0.4, 0.5) is 5.69 Å². The molecule has 0 spiro atoms. The molecule has 2 nitrogen and oxygen atoms in total. The molecular formula is C13H19ClN2. The van der Waals surface area contributed by atoms with E-state index in [2.05, 4.69) is 30.1 Å². The minimum atomic E-state index is 0.518. The first kappa shape index (κ1) is 11.7. The molecule has 1 atom stereocenters. The second kappa shape index (κ2) is 5.07. The van der Waals surface area contributed by atoms with Crippen molar-refractivity contribution in [3.8, 4) is 0 Å². The average molecular weight is 239 g/mol. The smallest absolute Gasteiger partial charge is 0.0640 e. The molecule has 1 aromatic rings. The average Bonchev–Trinajstić information content (AvgIpc) is 2.32. The molecule has 2 rings (SSSR count). The van der Waals surface area contributed by atoms with Crippen LogP contribution in [-0.4, -0.2) is 24.5 Å². The monoisotopic (exact) mass is 238 g/mol. The van der Waals surface area contributed by atoms with E-state index in [4.69, 9.17) is 11.6 Å². The van der Waals surface area contributed by atoms with Crippen molar-refractivity contribution in [1.29, 1.82) is 0 Å². The maximum absolute atomic E-state index is 6.22. The second-order valence-corrected chi connectivity index (χ2v) is 4.56. The summed E-state index contributed by atoms with van der Waals surface area (Å²) in [6.45, 7) is 7.63. The van der Waals surface area contributed by atoms with Crippen LogP contribution in [0, 0.1) is 0 Å². The first-order valence-electron chi connectivity index (χ1n) is 6.04. The number of nitrogens with one attached hydrogen (secondary N) is 1. The predicted octanol–water partition coefficient (Wildman–Crippen LogP) is 3.54. The van der Waals surface area contributed by atoms with Crippen molar-refractivity contribution >= 4 is 17.3 Å². The van der Waals surface area contributed by atoms with Gasteiger partial charge in [0, 0.05) is 12.6 Å². The highest BCUT2D eigenvalue weighted by Crippen LogP contribution is 2.37. The second-order valence-electron chi connectivity index (χ2n) is 4.16. The lowest BCUT2D eigenvalue weighted by Crippen LogP contribution is -2.33. The summed E-state index contributed by atoms with van der Waals surface area (Å²) in [6.07, 6.45) is 1.16. The van der Waals surface area contributed by atoms with Crippen molar-refractivity contribution in [2.24, 2.45) is 0 Å². The Hall–Kier alpha value is -0.730. The van der Waals surface area contributed by atoms with Crippen LogP contribution in [0.5, 0.6) is 0 Å². The summed E-state index contributed by atoms with van der Waals surface area (Å²) in [4.78, 5) is 2.50. The Kier molecular flexibility index (Phi) is 3.72. The number of rotatable bonds is 3. The molecule has 0 aromatic heterocycles. The molecule has 1 aromatic carbocycles. The minimum absolute atomic E-state index is 0.518. The molecule has 0 aliphatic carbocycles. The number of nitrogens with zero attached hydrogens (tertiary/aromatic N) is 1. The van der Waals surface area contributed by atoms with Gasteiger partial charge < -0.3 is 5.32 Å². The van der Waals surface area contributed by atoms with Crippen LogP contribution < -0.4 is 5.32 Å². The molecule has 88 valence electrons. The molecule has 0 fully saturated rings. The molecule has 0 amide bonds. The Bertz CT molecular complexity index is 361. The predicted molar refractivity (Wildman–Crippen MR) is 70.2 cm³/mol. The lowest BCUT2D eigenvalue weighted by atomic mass is 9.96. The number of halogens is 1. The van der Waals surface area contributed by atoms with E-state index in [9.17, 15) is 0 Å². The molecule has 1 unspecified atom stereocenters. The third kappa shape index (κ3) is 2.04. The van der Waals surface area contributed by atoms with Gasteiger partial charge in [0.15, 0.2) is 0 Å². The maximum atomic E-state index is 6.22. The molecule has 1 aliphatic rings. The summed E-state index contributed by atoms with van der Waals surface area (Å²) in [7, 11) is 0. The zero-order valence-corrected chi connectivity index (χ0v) is 10.7. The number of fused-ring (bicyclic) bond motifs is 1. The van der Waals surface area contributed by atoms with Crippen LogP contribution in [0.2, 0.25) is 5.02 Å². The van der Waals surface area contributed by atoms with E-state index in [-0.39, 0.29) is 0 Å². The Morgan fingerprint density at radius 2 is 2.12 bits per heavy atom. The molecule has 1 N–H and O–H groups in total. The SMILES string of the molecule is CCN(CC)C1CCNc2c(Cl)cccc21. The Labute approximate surface area is 103 Å². The van der Waals surface area contributed by atoms with Crippen LogP contribution >= 0.6 is 11.6 Å². The van der Waals surface area contributed by atoms with E-state index in [1.165, 1.54) is 5.56 Å². The molecule has 0 bridgehead atoms. The zero-order chi connectivity index (χ0) is 11.5. The van der Waals surface area contributed by atoms with Crippen LogP contribution in [-0.2, 0) is 0 Å². The van der Waals surface area contributed by atoms with Gasteiger partial charge in [-0.15, -0.1) is 0 Å². The number of hydrogen-bond acceptors (Lipinski definition) is 2. The van der Waals surface area contributed by atoms with E-state index >= 15 is 0 Å². The van der Waals surface area contributed by atoms with Gasteiger partial charge in [-0.05, 0) is 31.1 Å². The number of para-hydroxylation sites is 1. The minimum Gasteiger partial charge on any atom is -0.383 e. The van der Waals surface area contributed by atoms with Gasteiger partial charge in [0.2, 0.25) is 0 Å². The highest BCUT2D eigenvalue weighted by molar-refractivity contribution is 6.33. The van der Waals surface area contributed by atoms with Gasteiger partial charge in [-0.3, -0.25) is 4.90 Å². The normalized spacial score (nSPS) is 19.4. The summed E-state index contributed by atoms with van der Waals surface area (Å²) < 4.78 is 0. The fourth-order valence-corrected chi connectivity index (χ4v) is 2.79. The topological polar surface area (TPSA) is 15.3 Å². The molecular weight excluding hydrogens is 220 g/mol. The standard InChI is InChI=1S/C13H19ClN2/c1-3-16(4-2)12-8-9-15-13-10(12)6-5-7-11(13)14/h5-7,12,15H,3-4,8-9H2,1-2H3. The van der Waals surface area contributed by atoms with Gasteiger partial charge >= 0.3 is 0 Å². The Morgan fingerprint density at radius 1 is 1.38 bits per heavy atom. The quantitative estimate of drug-likeness (QED) is 0.867. The number of anilines is 1. The van der Waals surface area contributed by atoms with Crippen LogP contribution in [0.3, 0.4) is 0 Å². The van der Waals surface area contributed by atoms with E-state index < -0.39 is 0 Å². The lowest BCUT2D eigenvalue weighted by Gasteiger charge is -2.35.